The SMILES string of the molecule is Cn1ccc2c(Nc3ccc(Cl)c(Cl)c3)ncc(C(=O)N3CCS(O)(O)CC3)c21. The second kappa shape index (κ2) is 7.70. The van der Waals surface area contributed by atoms with Crippen LogP contribution < -0.4 is 5.32 Å². The van der Waals surface area contributed by atoms with Crippen molar-refractivity contribution in [3.05, 3.63) is 52.3 Å². The number of anilines is 2. The number of nitrogens with zero attached hydrogens (tertiary/aromatic N) is 3. The van der Waals surface area contributed by atoms with Crippen LogP contribution in [-0.4, -0.2) is 54.1 Å². The molecule has 1 aliphatic heterocycles. The molecule has 3 heterocycles. The van der Waals surface area contributed by atoms with Gasteiger partial charge in [-0.25, -0.2) is 4.98 Å². The third kappa shape index (κ3) is 4.04. The van der Waals surface area contributed by atoms with Gasteiger partial charge in [0.05, 0.1) is 32.6 Å². The van der Waals surface area contributed by atoms with Crippen LogP contribution in [0.3, 0.4) is 0 Å². The van der Waals surface area contributed by atoms with Gasteiger partial charge >= 0.3 is 0 Å². The lowest BCUT2D eigenvalue weighted by atomic mass is 10.1. The molecule has 29 heavy (non-hydrogen) atoms. The van der Waals surface area contributed by atoms with E-state index in [0.717, 1.165) is 16.6 Å². The lowest BCUT2D eigenvalue weighted by Gasteiger charge is -2.40. The number of halogens is 2. The van der Waals surface area contributed by atoms with Gasteiger partial charge in [0, 0.05) is 43.6 Å². The van der Waals surface area contributed by atoms with Crippen LogP contribution in [0, 0.1) is 0 Å². The summed E-state index contributed by atoms with van der Waals surface area (Å²) in [5.41, 5.74) is 1.97. The molecular weight excluding hydrogens is 435 g/mol. The molecule has 0 atom stereocenters. The maximum absolute atomic E-state index is 13.1. The third-order valence-electron chi connectivity index (χ3n) is 4.98. The van der Waals surface area contributed by atoms with Crippen molar-refractivity contribution in [3.63, 3.8) is 0 Å². The van der Waals surface area contributed by atoms with Crippen molar-refractivity contribution in [3.8, 4) is 0 Å². The Morgan fingerprint density at radius 1 is 1.17 bits per heavy atom. The first-order valence-corrected chi connectivity index (χ1v) is 11.6. The zero-order valence-electron chi connectivity index (χ0n) is 15.6. The van der Waals surface area contributed by atoms with Gasteiger partial charge in [-0.2, -0.15) is 10.6 Å². The number of fused-ring (bicyclic) bond motifs is 1. The molecule has 4 rings (SSSR count). The maximum Gasteiger partial charge on any atom is 0.257 e. The molecule has 1 saturated heterocycles. The van der Waals surface area contributed by atoms with E-state index >= 15 is 0 Å². The van der Waals surface area contributed by atoms with Gasteiger partial charge in [-0.3, -0.25) is 13.9 Å². The summed E-state index contributed by atoms with van der Waals surface area (Å²) in [5.74, 6) is 0.849. The minimum Gasteiger partial charge on any atom is -0.350 e. The Morgan fingerprint density at radius 2 is 1.90 bits per heavy atom. The average molecular weight is 455 g/mol. The van der Waals surface area contributed by atoms with E-state index in [1.165, 1.54) is 0 Å². The molecule has 0 spiro atoms. The fraction of sp³-hybridized carbons (Fsp3) is 0.263. The average Bonchev–Trinajstić information content (AvgIpc) is 3.07. The molecule has 0 radical (unpaired) electrons. The summed E-state index contributed by atoms with van der Waals surface area (Å²) < 4.78 is 21.5. The van der Waals surface area contributed by atoms with Gasteiger partial charge in [-0.1, -0.05) is 23.2 Å². The number of benzene rings is 1. The topological polar surface area (TPSA) is 90.6 Å². The van der Waals surface area contributed by atoms with Crippen LogP contribution in [0.5, 0.6) is 0 Å². The number of rotatable bonds is 3. The molecule has 0 saturated carbocycles. The number of aryl methyl sites for hydroxylation is 1. The summed E-state index contributed by atoms with van der Waals surface area (Å²) >= 11 is 12.1. The number of carbonyl (C=O) groups excluding carboxylic acids is 1. The Balaban J connectivity index is 1.67. The first kappa shape index (κ1) is 20.3. The predicted molar refractivity (Wildman–Crippen MR) is 119 cm³/mol. The number of hydrogen-bond donors (Lipinski definition) is 3. The highest BCUT2D eigenvalue weighted by Gasteiger charge is 2.28. The molecule has 2 aromatic heterocycles. The van der Waals surface area contributed by atoms with E-state index in [1.54, 1.807) is 29.3 Å². The van der Waals surface area contributed by atoms with Crippen molar-refractivity contribution in [2.24, 2.45) is 7.05 Å². The Hall–Kier alpha value is -1.97. The lowest BCUT2D eigenvalue weighted by molar-refractivity contribution is 0.0769. The number of aromatic nitrogens is 2. The molecule has 0 aliphatic carbocycles. The molecule has 7 nitrogen and oxygen atoms in total. The van der Waals surface area contributed by atoms with Crippen molar-refractivity contribution in [2.45, 2.75) is 0 Å². The van der Waals surface area contributed by atoms with Crippen molar-refractivity contribution in [1.82, 2.24) is 14.5 Å². The summed E-state index contributed by atoms with van der Waals surface area (Å²) in [7, 11) is -0.694. The number of nitrogens with one attached hydrogen (secondary N) is 1. The summed E-state index contributed by atoms with van der Waals surface area (Å²) in [6.07, 6.45) is 3.42. The van der Waals surface area contributed by atoms with E-state index in [-0.39, 0.29) is 17.4 Å². The van der Waals surface area contributed by atoms with Crippen molar-refractivity contribution in [1.29, 1.82) is 0 Å². The fourth-order valence-corrected chi connectivity index (χ4v) is 4.91. The molecule has 0 unspecified atom stereocenters. The summed E-state index contributed by atoms with van der Waals surface area (Å²) in [5, 5.41) is 4.93. The molecule has 154 valence electrons. The molecule has 3 N–H and O–H groups in total. The minimum atomic E-state index is -2.56. The maximum atomic E-state index is 13.1. The van der Waals surface area contributed by atoms with Crippen LogP contribution in [0.1, 0.15) is 10.4 Å². The highest BCUT2D eigenvalue weighted by Crippen LogP contribution is 2.40. The van der Waals surface area contributed by atoms with Gasteiger partial charge in [0.1, 0.15) is 5.82 Å². The fourth-order valence-electron chi connectivity index (χ4n) is 3.38. The summed E-state index contributed by atoms with van der Waals surface area (Å²) in [4.78, 5) is 19.2. The monoisotopic (exact) mass is 454 g/mol. The van der Waals surface area contributed by atoms with Crippen molar-refractivity contribution >= 4 is 62.1 Å². The Kier molecular flexibility index (Phi) is 5.39. The van der Waals surface area contributed by atoms with Crippen molar-refractivity contribution in [2.75, 3.05) is 29.9 Å². The van der Waals surface area contributed by atoms with Crippen LogP contribution in [-0.2, 0) is 7.05 Å². The Labute approximate surface area is 179 Å². The molecular formula is C19H20Cl2N4O3S. The number of amides is 1. The predicted octanol–water partition coefficient (Wildman–Crippen LogP) is 4.83. The largest absolute Gasteiger partial charge is 0.350 e. The van der Waals surface area contributed by atoms with E-state index in [4.69, 9.17) is 23.2 Å². The van der Waals surface area contributed by atoms with E-state index in [9.17, 15) is 13.9 Å². The zero-order valence-corrected chi connectivity index (χ0v) is 17.9. The molecule has 10 heteroatoms. The summed E-state index contributed by atoms with van der Waals surface area (Å²) in [6.45, 7) is 0.632. The number of hydrogen-bond acceptors (Lipinski definition) is 5. The second-order valence-electron chi connectivity index (χ2n) is 6.97. The lowest BCUT2D eigenvalue weighted by Crippen LogP contribution is -2.42. The molecule has 3 aromatic rings. The van der Waals surface area contributed by atoms with Crippen LogP contribution in [0.4, 0.5) is 11.5 Å². The van der Waals surface area contributed by atoms with E-state index in [1.807, 2.05) is 23.9 Å². The Morgan fingerprint density at radius 3 is 2.59 bits per heavy atom. The molecule has 1 aromatic carbocycles. The first-order valence-electron chi connectivity index (χ1n) is 8.94. The van der Waals surface area contributed by atoms with Gasteiger partial charge in [0.25, 0.3) is 5.91 Å². The molecule has 1 aliphatic rings. The quantitative estimate of drug-likeness (QED) is 0.526. The van der Waals surface area contributed by atoms with Gasteiger partial charge in [0.15, 0.2) is 0 Å². The molecule has 1 amide bonds. The third-order valence-corrected chi connectivity index (χ3v) is 7.39. The van der Waals surface area contributed by atoms with Crippen LogP contribution >= 0.6 is 33.8 Å². The van der Waals surface area contributed by atoms with Crippen LogP contribution in [0.2, 0.25) is 10.0 Å². The zero-order chi connectivity index (χ0) is 20.8. The minimum absolute atomic E-state index is 0.166. The highest BCUT2D eigenvalue weighted by atomic mass is 35.5. The summed E-state index contributed by atoms with van der Waals surface area (Å²) in [6, 6.07) is 7.11. The number of carbonyl (C=O) groups is 1. The Bertz CT molecular complexity index is 1090. The van der Waals surface area contributed by atoms with Gasteiger partial charge in [-0.05, 0) is 24.3 Å². The smallest absolute Gasteiger partial charge is 0.257 e. The standard InChI is InChI=1S/C19H20Cl2N4O3S/c1-24-5-4-13-17(24)14(19(26)25-6-8-29(27,28)9-7-25)11-22-18(13)23-12-2-3-15(20)16(21)10-12/h2-5,10-11,27-28H,6-9H2,1H3,(H,22,23). The highest BCUT2D eigenvalue weighted by molar-refractivity contribution is 8.24. The van der Waals surface area contributed by atoms with Crippen LogP contribution in [0.15, 0.2) is 36.7 Å². The first-order chi connectivity index (χ1) is 13.7. The van der Waals surface area contributed by atoms with Gasteiger partial charge in [0.2, 0.25) is 0 Å². The van der Waals surface area contributed by atoms with Crippen LogP contribution in [0.25, 0.3) is 10.9 Å². The van der Waals surface area contributed by atoms with Gasteiger partial charge < -0.3 is 14.8 Å². The molecule has 1 fully saturated rings. The second-order valence-corrected chi connectivity index (χ2v) is 10.2. The van der Waals surface area contributed by atoms with E-state index in [0.29, 0.717) is 34.5 Å². The number of pyridine rings is 1. The van der Waals surface area contributed by atoms with E-state index < -0.39 is 10.6 Å². The normalized spacial score (nSPS) is 17.3. The van der Waals surface area contributed by atoms with E-state index in [2.05, 4.69) is 10.3 Å². The van der Waals surface area contributed by atoms with Crippen molar-refractivity contribution < 1.29 is 13.9 Å². The van der Waals surface area contributed by atoms with Gasteiger partial charge in [-0.15, -0.1) is 0 Å². The molecule has 0 bridgehead atoms.